The molecule has 0 saturated carbocycles. The van der Waals surface area contributed by atoms with Crippen LogP contribution in [0.3, 0.4) is 0 Å². The summed E-state index contributed by atoms with van der Waals surface area (Å²) in [7, 11) is 0. The number of thioether (sulfide) groups is 1. The highest BCUT2D eigenvalue weighted by Crippen LogP contribution is 2.34. The number of hydrogen-bond donors (Lipinski definition) is 0. The van der Waals surface area contributed by atoms with Crippen LogP contribution in [-0.2, 0) is 5.41 Å². The van der Waals surface area contributed by atoms with Gasteiger partial charge in [0.05, 0.1) is 0 Å². The predicted octanol–water partition coefficient (Wildman–Crippen LogP) is 5.39. The Morgan fingerprint density at radius 2 is 1.72 bits per heavy atom. The van der Waals surface area contributed by atoms with Crippen molar-refractivity contribution in [2.24, 2.45) is 0 Å². The molecule has 0 radical (unpaired) electrons. The van der Waals surface area contributed by atoms with Gasteiger partial charge in [0.25, 0.3) is 0 Å². The monoisotopic (exact) mass is 396 g/mol. The van der Waals surface area contributed by atoms with Crippen molar-refractivity contribution in [3.8, 4) is 0 Å². The van der Waals surface area contributed by atoms with Gasteiger partial charge in [-0.25, -0.2) is 4.39 Å². The third-order valence-corrected chi connectivity index (χ3v) is 6.25. The lowest BCUT2D eigenvalue weighted by molar-refractivity contribution is 0.535. The Morgan fingerprint density at radius 3 is 2.17 bits per heavy atom. The van der Waals surface area contributed by atoms with Crippen molar-refractivity contribution in [1.82, 2.24) is 0 Å². The Balaban J connectivity index is 2.81. The summed E-state index contributed by atoms with van der Waals surface area (Å²) in [6, 6.07) is 6.89. The fourth-order valence-electron chi connectivity index (χ4n) is 1.76. The molecule has 0 aromatic heterocycles. The minimum atomic E-state index is -0.173. The molecule has 0 atom stereocenters. The Kier molecular flexibility index (Phi) is 7.25. The minimum absolute atomic E-state index is 0.0512. The maximum absolute atomic E-state index is 13.0. The Labute approximate surface area is 130 Å². The van der Waals surface area contributed by atoms with Crippen LogP contribution in [0.4, 0.5) is 4.39 Å². The standard InChI is InChI=1S/C14H19Br2FS/c1-11(2)18-8-7-14(9-15,10-16)12-3-5-13(17)6-4-12/h3-6,11H,7-10H2,1-2H3. The molecular weight excluding hydrogens is 379 g/mol. The van der Waals surface area contributed by atoms with Crippen molar-refractivity contribution in [3.05, 3.63) is 35.6 Å². The van der Waals surface area contributed by atoms with Gasteiger partial charge in [-0.05, 0) is 35.1 Å². The number of halogens is 3. The molecule has 0 heterocycles. The second-order valence-corrected chi connectivity index (χ2v) is 7.53. The lowest BCUT2D eigenvalue weighted by Crippen LogP contribution is -2.31. The highest BCUT2D eigenvalue weighted by Gasteiger charge is 2.29. The molecular formula is C14H19Br2FS. The molecule has 0 aliphatic rings. The lowest BCUT2D eigenvalue weighted by Gasteiger charge is -2.31. The van der Waals surface area contributed by atoms with E-state index >= 15 is 0 Å². The van der Waals surface area contributed by atoms with E-state index in [0.29, 0.717) is 5.25 Å². The van der Waals surface area contributed by atoms with Gasteiger partial charge < -0.3 is 0 Å². The van der Waals surface area contributed by atoms with Crippen LogP contribution in [0.2, 0.25) is 0 Å². The molecule has 18 heavy (non-hydrogen) atoms. The molecule has 0 N–H and O–H groups in total. The zero-order chi connectivity index (χ0) is 13.6. The first kappa shape index (κ1) is 16.5. The fourth-order valence-corrected chi connectivity index (χ4v) is 4.88. The third kappa shape index (κ3) is 4.53. The van der Waals surface area contributed by atoms with Crippen LogP contribution in [0.5, 0.6) is 0 Å². The van der Waals surface area contributed by atoms with Gasteiger partial charge in [-0.3, -0.25) is 0 Å². The second-order valence-electron chi connectivity index (χ2n) is 4.72. The van der Waals surface area contributed by atoms with E-state index in [-0.39, 0.29) is 11.2 Å². The molecule has 0 amide bonds. The molecule has 0 unspecified atom stereocenters. The zero-order valence-electron chi connectivity index (χ0n) is 10.8. The first-order valence-corrected chi connectivity index (χ1v) is 9.33. The Morgan fingerprint density at radius 1 is 1.17 bits per heavy atom. The first-order valence-electron chi connectivity index (χ1n) is 6.03. The Bertz CT molecular complexity index is 347. The quantitative estimate of drug-likeness (QED) is 0.556. The minimum Gasteiger partial charge on any atom is -0.207 e. The second kappa shape index (κ2) is 7.91. The molecule has 1 rings (SSSR count). The number of rotatable bonds is 7. The molecule has 0 spiro atoms. The van der Waals surface area contributed by atoms with Crippen LogP contribution in [0.15, 0.2) is 24.3 Å². The van der Waals surface area contributed by atoms with Gasteiger partial charge in [0.1, 0.15) is 5.82 Å². The maximum Gasteiger partial charge on any atom is 0.123 e. The zero-order valence-corrected chi connectivity index (χ0v) is 14.7. The number of hydrogen-bond acceptors (Lipinski definition) is 1. The van der Waals surface area contributed by atoms with E-state index in [1.165, 1.54) is 5.56 Å². The summed E-state index contributed by atoms with van der Waals surface area (Å²) in [5.41, 5.74) is 1.25. The van der Waals surface area contributed by atoms with E-state index < -0.39 is 0 Å². The van der Waals surface area contributed by atoms with Gasteiger partial charge in [0, 0.05) is 16.1 Å². The van der Waals surface area contributed by atoms with Crippen molar-refractivity contribution < 1.29 is 4.39 Å². The SMILES string of the molecule is CC(C)SCCC(CBr)(CBr)c1ccc(F)cc1. The normalized spacial score (nSPS) is 12.1. The summed E-state index contributed by atoms with van der Waals surface area (Å²) in [6.07, 6.45) is 1.08. The largest absolute Gasteiger partial charge is 0.207 e. The van der Waals surface area contributed by atoms with E-state index in [0.717, 1.165) is 22.8 Å². The van der Waals surface area contributed by atoms with E-state index in [4.69, 9.17) is 0 Å². The van der Waals surface area contributed by atoms with Crippen molar-refractivity contribution in [1.29, 1.82) is 0 Å². The summed E-state index contributed by atoms with van der Waals surface area (Å²) in [4.78, 5) is 0. The summed E-state index contributed by atoms with van der Waals surface area (Å²) in [5.74, 6) is 0.944. The summed E-state index contributed by atoms with van der Waals surface area (Å²) in [5, 5.41) is 2.42. The molecule has 0 nitrogen and oxygen atoms in total. The van der Waals surface area contributed by atoms with Crippen LogP contribution in [0, 0.1) is 5.82 Å². The number of benzene rings is 1. The van der Waals surface area contributed by atoms with Gasteiger partial charge in [-0.2, -0.15) is 11.8 Å². The van der Waals surface area contributed by atoms with Crippen LogP contribution < -0.4 is 0 Å². The molecule has 4 heteroatoms. The van der Waals surface area contributed by atoms with Crippen LogP contribution in [0.25, 0.3) is 0 Å². The van der Waals surface area contributed by atoms with Crippen molar-refractivity contribution in [3.63, 3.8) is 0 Å². The Hall–Kier alpha value is 0.460. The van der Waals surface area contributed by atoms with Gasteiger partial charge >= 0.3 is 0 Å². The van der Waals surface area contributed by atoms with Crippen molar-refractivity contribution >= 4 is 43.6 Å². The average molecular weight is 398 g/mol. The van der Waals surface area contributed by atoms with Gasteiger partial charge in [-0.1, -0.05) is 57.8 Å². The van der Waals surface area contributed by atoms with Crippen LogP contribution in [-0.4, -0.2) is 21.7 Å². The maximum atomic E-state index is 13.0. The summed E-state index contributed by atoms with van der Waals surface area (Å²) < 4.78 is 13.0. The van der Waals surface area contributed by atoms with Gasteiger partial charge in [0.2, 0.25) is 0 Å². The molecule has 0 saturated heterocycles. The van der Waals surface area contributed by atoms with E-state index in [2.05, 4.69) is 45.7 Å². The predicted molar refractivity (Wildman–Crippen MR) is 87.9 cm³/mol. The number of alkyl halides is 2. The first-order chi connectivity index (χ1) is 8.54. The molecule has 102 valence electrons. The lowest BCUT2D eigenvalue weighted by atomic mass is 9.82. The highest BCUT2D eigenvalue weighted by molar-refractivity contribution is 9.09. The van der Waals surface area contributed by atoms with Crippen LogP contribution in [0.1, 0.15) is 25.8 Å². The van der Waals surface area contributed by atoms with Gasteiger partial charge in [0.15, 0.2) is 0 Å². The smallest absolute Gasteiger partial charge is 0.123 e. The summed E-state index contributed by atoms with van der Waals surface area (Å²) >= 11 is 9.22. The molecule has 0 fully saturated rings. The third-order valence-electron chi connectivity index (χ3n) is 3.00. The van der Waals surface area contributed by atoms with Gasteiger partial charge in [-0.15, -0.1) is 0 Å². The van der Waals surface area contributed by atoms with E-state index in [1.807, 2.05) is 23.9 Å². The molecule has 0 bridgehead atoms. The van der Waals surface area contributed by atoms with Crippen molar-refractivity contribution in [2.75, 3.05) is 16.4 Å². The van der Waals surface area contributed by atoms with E-state index in [9.17, 15) is 4.39 Å². The molecule has 1 aromatic rings. The highest BCUT2D eigenvalue weighted by atomic mass is 79.9. The molecule has 1 aromatic carbocycles. The molecule has 0 aliphatic heterocycles. The van der Waals surface area contributed by atoms with E-state index in [1.54, 1.807) is 12.1 Å². The fraction of sp³-hybridized carbons (Fsp3) is 0.571. The molecule has 0 aliphatic carbocycles. The average Bonchev–Trinajstić information content (AvgIpc) is 2.36. The van der Waals surface area contributed by atoms with Crippen LogP contribution >= 0.6 is 43.6 Å². The topological polar surface area (TPSA) is 0 Å². The summed E-state index contributed by atoms with van der Waals surface area (Å²) in [6.45, 7) is 4.43. The van der Waals surface area contributed by atoms with Crippen molar-refractivity contribution in [2.45, 2.75) is 30.9 Å².